The van der Waals surface area contributed by atoms with E-state index in [1.807, 2.05) is 18.7 Å². The van der Waals surface area contributed by atoms with Crippen molar-refractivity contribution in [2.45, 2.75) is 20.5 Å². The maximum absolute atomic E-state index is 13.5. The van der Waals surface area contributed by atoms with Crippen molar-refractivity contribution in [2.75, 3.05) is 18.0 Å². The molecular formula is C11H16FNO. The van der Waals surface area contributed by atoms with Gasteiger partial charge in [-0.2, -0.15) is 0 Å². The molecule has 2 nitrogen and oxygen atoms in total. The first kappa shape index (κ1) is 11.0. The molecule has 1 aromatic carbocycles. The Morgan fingerprint density at radius 2 is 1.93 bits per heavy atom. The summed E-state index contributed by atoms with van der Waals surface area (Å²) >= 11 is 0. The Kier molecular flexibility index (Phi) is 3.89. The van der Waals surface area contributed by atoms with Crippen LogP contribution in [0.1, 0.15) is 19.4 Å². The molecule has 0 bridgehead atoms. The number of halogens is 1. The number of hydrogen-bond donors (Lipinski definition) is 1. The lowest BCUT2D eigenvalue weighted by molar-refractivity contribution is 0.281. The zero-order valence-corrected chi connectivity index (χ0v) is 8.63. The minimum Gasteiger partial charge on any atom is -0.392 e. The summed E-state index contributed by atoms with van der Waals surface area (Å²) in [6.45, 7) is 5.30. The molecular weight excluding hydrogens is 181 g/mol. The number of para-hydroxylation sites is 1. The number of nitrogens with zero attached hydrogens (tertiary/aromatic N) is 1. The van der Waals surface area contributed by atoms with Crippen LogP contribution in [0.25, 0.3) is 0 Å². The van der Waals surface area contributed by atoms with E-state index in [1.165, 1.54) is 6.07 Å². The predicted octanol–water partition coefficient (Wildman–Crippen LogP) is 2.16. The monoisotopic (exact) mass is 197 g/mol. The van der Waals surface area contributed by atoms with Crippen LogP contribution in [0.5, 0.6) is 0 Å². The van der Waals surface area contributed by atoms with Crippen LogP contribution in [-0.2, 0) is 6.61 Å². The molecule has 0 spiro atoms. The van der Waals surface area contributed by atoms with Gasteiger partial charge in [0.05, 0.1) is 12.3 Å². The number of anilines is 1. The van der Waals surface area contributed by atoms with E-state index < -0.39 is 0 Å². The van der Waals surface area contributed by atoms with Crippen molar-refractivity contribution < 1.29 is 9.50 Å². The maximum atomic E-state index is 13.5. The second-order valence-corrected chi connectivity index (χ2v) is 3.08. The van der Waals surface area contributed by atoms with Gasteiger partial charge in [-0.1, -0.05) is 12.1 Å². The number of aliphatic hydroxyl groups excluding tert-OH is 1. The minimum atomic E-state index is -0.264. The van der Waals surface area contributed by atoms with Gasteiger partial charge in [-0.25, -0.2) is 4.39 Å². The Bertz CT molecular complexity index is 297. The van der Waals surface area contributed by atoms with Crippen LogP contribution in [0.15, 0.2) is 18.2 Å². The highest BCUT2D eigenvalue weighted by molar-refractivity contribution is 5.54. The molecule has 0 saturated carbocycles. The van der Waals surface area contributed by atoms with E-state index >= 15 is 0 Å². The Balaban J connectivity index is 3.14. The molecule has 0 unspecified atom stereocenters. The molecule has 0 aliphatic carbocycles. The van der Waals surface area contributed by atoms with Crippen molar-refractivity contribution in [3.63, 3.8) is 0 Å². The van der Waals surface area contributed by atoms with E-state index in [0.717, 1.165) is 13.1 Å². The average Bonchev–Trinajstić information content (AvgIpc) is 2.22. The van der Waals surface area contributed by atoms with Gasteiger partial charge in [0.25, 0.3) is 0 Å². The highest BCUT2D eigenvalue weighted by Gasteiger charge is 2.12. The zero-order valence-electron chi connectivity index (χ0n) is 8.63. The number of benzene rings is 1. The van der Waals surface area contributed by atoms with Crippen molar-refractivity contribution in [3.8, 4) is 0 Å². The van der Waals surface area contributed by atoms with E-state index in [4.69, 9.17) is 5.11 Å². The fraction of sp³-hybridized carbons (Fsp3) is 0.455. The van der Waals surface area contributed by atoms with Crippen molar-refractivity contribution in [2.24, 2.45) is 0 Å². The van der Waals surface area contributed by atoms with Crippen molar-refractivity contribution in [1.82, 2.24) is 0 Å². The summed E-state index contributed by atoms with van der Waals surface area (Å²) in [6.07, 6.45) is 0. The molecule has 1 rings (SSSR count). The van der Waals surface area contributed by atoms with Gasteiger partial charge in [0.15, 0.2) is 0 Å². The lowest BCUT2D eigenvalue weighted by Gasteiger charge is -2.24. The second kappa shape index (κ2) is 4.96. The quantitative estimate of drug-likeness (QED) is 0.799. The highest BCUT2D eigenvalue weighted by Crippen LogP contribution is 2.24. The predicted molar refractivity (Wildman–Crippen MR) is 55.9 cm³/mol. The number of hydrogen-bond acceptors (Lipinski definition) is 2. The SMILES string of the molecule is CCN(CC)c1c(F)cccc1CO. The van der Waals surface area contributed by atoms with E-state index in [9.17, 15) is 4.39 Å². The van der Waals surface area contributed by atoms with Gasteiger partial charge in [0, 0.05) is 18.7 Å². The van der Waals surface area contributed by atoms with Gasteiger partial charge in [-0.15, -0.1) is 0 Å². The van der Waals surface area contributed by atoms with Gasteiger partial charge in [-0.05, 0) is 19.9 Å². The third-order valence-electron chi connectivity index (χ3n) is 2.32. The molecule has 0 radical (unpaired) electrons. The first-order valence-corrected chi connectivity index (χ1v) is 4.87. The fourth-order valence-corrected chi connectivity index (χ4v) is 1.58. The summed E-state index contributed by atoms with van der Waals surface area (Å²) in [5, 5.41) is 9.09. The van der Waals surface area contributed by atoms with Crippen molar-refractivity contribution in [3.05, 3.63) is 29.6 Å². The van der Waals surface area contributed by atoms with Gasteiger partial charge >= 0.3 is 0 Å². The van der Waals surface area contributed by atoms with Crippen LogP contribution in [0, 0.1) is 5.82 Å². The maximum Gasteiger partial charge on any atom is 0.146 e. The zero-order chi connectivity index (χ0) is 10.6. The largest absolute Gasteiger partial charge is 0.392 e. The molecule has 0 aliphatic heterocycles. The van der Waals surface area contributed by atoms with Crippen LogP contribution >= 0.6 is 0 Å². The molecule has 1 aromatic rings. The molecule has 0 heterocycles. The summed E-state index contributed by atoms with van der Waals surface area (Å²) in [4.78, 5) is 1.90. The number of rotatable bonds is 4. The Labute approximate surface area is 84.0 Å². The Morgan fingerprint density at radius 1 is 1.29 bits per heavy atom. The first-order valence-electron chi connectivity index (χ1n) is 4.87. The van der Waals surface area contributed by atoms with Crippen LogP contribution in [0.2, 0.25) is 0 Å². The lowest BCUT2D eigenvalue weighted by Crippen LogP contribution is -2.24. The summed E-state index contributed by atoms with van der Waals surface area (Å²) < 4.78 is 13.5. The topological polar surface area (TPSA) is 23.5 Å². The van der Waals surface area contributed by atoms with Gasteiger partial charge < -0.3 is 10.0 Å². The van der Waals surface area contributed by atoms with Gasteiger partial charge in [0.1, 0.15) is 5.82 Å². The first-order chi connectivity index (χ1) is 6.74. The van der Waals surface area contributed by atoms with E-state index in [-0.39, 0.29) is 12.4 Å². The van der Waals surface area contributed by atoms with Crippen molar-refractivity contribution >= 4 is 5.69 Å². The van der Waals surface area contributed by atoms with Crippen LogP contribution < -0.4 is 4.90 Å². The van der Waals surface area contributed by atoms with Gasteiger partial charge in [0.2, 0.25) is 0 Å². The van der Waals surface area contributed by atoms with E-state index in [1.54, 1.807) is 12.1 Å². The molecule has 78 valence electrons. The highest BCUT2D eigenvalue weighted by atomic mass is 19.1. The molecule has 0 amide bonds. The normalized spacial score (nSPS) is 10.3. The molecule has 1 N–H and O–H groups in total. The summed E-state index contributed by atoms with van der Waals surface area (Å²) in [7, 11) is 0. The Hall–Kier alpha value is -1.09. The summed E-state index contributed by atoms with van der Waals surface area (Å²) in [5.41, 5.74) is 1.17. The average molecular weight is 197 g/mol. The molecule has 0 atom stereocenters. The van der Waals surface area contributed by atoms with Gasteiger partial charge in [-0.3, -0.25) is 0 Å². The van der Waals surface area contributed by atoms with Crippen LogP contribution in [-0.4, -0.2) is 18.2 Å². The molecule has 0 saturated heterocycles. The minimum absolute atomic E-state index is 0.121. The molecule has 3 heteroatoms. The van der Waals surface area contributed by atoms with Crippen molar-refractivity contribution in [1.29, 1.82) is 0 Å². The summed E-state index contributed by atoms with van der Waals surface area (Å²) in [5.74, 6) is -0.264. The third-order valence-corrected chi connectivity index (χ3v) is 2.32. The van der Waals surface area contributed by atoms with Crippen LogP contribution in [0.3, 0.4) is 0 Å². The molecule has 14 heavy (non-hydrogen) atoms. The standard InChI is InChI=1S/C11H16FNO/c1-3-13(4-2)11-9(8-14)6-5-7-10(11)12/h5-7,14H,3-4,8H2,1-2H3. The second-order valence-electron chi connectivity index (χ2n) is 3.08. The number of aliphatic hydroxyl groups is 1. The van der Waals surface area contributed by atoms with E-state index in [0.29, 0.717) is 11.3 Å². The fourth-order valence-electron chi connectivity index (χ4n) is 1.58. The molecule has 0 aliphatic rings. The third kappa shape index (κ3) is 2.04. The van der Waals surface area contributed by atoms with E-state index in [2.05, 4.69) is 0 Å². The lowest BCUT2D eigenvalue weighted by atomic mass is 10.1. The summed E-state index contributed by atoms with van der Waals surface area (Å²) in [6, 6.07) is 4.79. The Morgan fingerprint density at radius 3 is 2.43 bits per heavy atom. The molecule has 0 aromatic heterocycles. The smallest absolute Gasteiger partial charge is 0.146 e. The van der Waals surface area contributed by atoms with Crippen LogP contribution in [0.4, 0.5) is 10.1 Å². The molecule has 0 fully saturated rings.